The average molecular weight is 760 g/mol. The van der Waals surface area contributed by atoms with E-state index in [9.17, 15) is 19.0 Å². The molecule has 0 aromatic heterocycles. The number of hydrogen-bond donors (Lipinski definition) is 0. The summed E-state index contributed by atoms with van der Waals surface area (Å²) in [6.07, 6.45) is 35.2. The van der Waals surface area contributed by atoms with Gasteiger partial charge in [-0.3, -0.25) is 14.2 Å². The van der Waals surface area contributed by atoms with Crippen molar-refractivity contribution in [1.82, 2.24) is 0 Å². The summed E-state index contributed by atoms with van der Waals surface area (Å²) in [6.45, 7) is 4.19. The number of carbonyl (C=O) groups excluding carboxylic acids is 2. The van der Waals surface area contributed by atoms with Gasteiger partial charge in [0.05, 0.1) is 27.7 Å². The zero-order valence-corrected chi connectivity index (χ0v) is 35.4. The van der Waals surface area contributed by atoms with Crippen molar-refractivity contribution in [2.45, 2.75) is 200 Å². The summed E-state index contributed by atoms with van der Waals surface area (Å²) in [5, 5.41) is 0. The highest BCUT2D eigenvalue weighted by Crippen LogP contribution is 2.38. The van der Waals surface area contributed by atoms with Gasteiger partial charge in [-0.05, 0) is 32.1 Å². The molecule has 0 aliphatic heterocycles. The molecule has 0 aliphatic rings. The first-order chi connectivity index (χ1) is 25.0. The topological polar surface area (TPSA) is 111 Å². The first kappa shape index (κ1) is 50.8. The second-order valence-electron chi connectivity index (χ2n) is 15.7. The summed E-state index contributed by atoms with van der Waals surface area (Å²) in [5.74, 6) is -0.838. The Morgan fingerprint density at radius 1 is 0.577 bits per heavy atom. The molecule has 9 nitrogen and oxygen atoms in total. The smallest absolute Gasteiger partial charge is 0.306 e. The van der Waals surface area contributed by atoms with Crippen molar-refractivity contribution in [1.29, 1.82) is 0 Å². The second-order valence-corrected chi connectivity index (χ2v) is 17.1. The van der Waals surface area contributed by atoms with Gasteiger partial charge in [0.15, 0.2) is 6.10 Å². The number of rotatable bonds is 39. The van der Waals surface area contributed by atoms with Crippen LogP contribution in [0.5, 0.6) is 0 Å². The van der Waals surface area contributed by atoms with Crippen molar-refractivity contribution < 1.29 is 42.1 Å². The number of allylic oxidation sites excluding steroid dienone is 2. The van der Waals surface area contributed by atoms with Crippen LogP contribution in [0.3, 0.4) is 0 Å². The lowest BCUT2D eigenvalue weighted by molar-refractivity contribution is -0.870. The summed E-state index contributed by atoms with van der Waals surface area (Å²) in [5.41, 5.74) is 0. The number of unbranched alkanes of at least 4 members (excludes halogenated alkanes) is 23. The van der Waals surface area contributed by atoms with Gasteiger partial charge in [-0.15, -0.1) is 0 Å². The Hall–Kier alpha value is -1.25. The number of likely N-dealkylation sites (N-methyl/N-ethyl adjacent to an activating group) is 1. The van der Waals surface area contributed by atoms with Crippen LogP contribution in [0.25, 0.3) is 0 Å². The van der Waals surface area contributed by atoms with Crippen molar-refractivity contribution in [3.8, 4) is 0 Å². The SMILES string of the molecule is CCCC/C=C\CCCCCCCC(=O)O[C@H](COC(=O)CCCCCCCCCCCCCCCCCCC)COP(=O)([O-])OCC[N+](C)(C)C. The molecule has 0 aromatic rings. The second kappa shape index (κ2) is 35.5. The predicted molar refractivity (Wildman–Crippen MR) is 213 cm³/mol. The number of phosphoric acid groups is 1. The molecule has 0 spiro atoms. The number of carbonyl (C=O) groups is 2. The highest BCUT2D eigenvalue weighted by atomic mass is 31.2. The van der Waals surface area contributed by atoms with Crippen molar-refractivity contribution in [2.24, 2.45) is 0 Å². The minimum absolute atomic E-state index is 0.0295. The van der Waals surface area contributed by atoms with Crippen molar-refractivity contribution >= 4 is 19.8 Å². The molecule has 0 bridgehead atoms. The van der Waals surface area contributed by atoms with E-state index in [1.165, 1.54) is 103 Å². The van der Waals surface area contributed by atoms with E-state index >= 15 is 0 Å². The standard InChI is InChI=1S/C42H82NO8P/c1-6-8-10-12-14-16-18-19-20-21-22-23-25-26-28-30-32-34-41(44)48-38-40(39-50-52(46,47)49-37-36-43(3,4)5)51-42(45)35-33-31-29-27-24-17-15-13-11-9-7-2/h13,15,40H,6-12,14,16-39H2,1-5H3/b15-13-/t40-/m1/s1. The molecule has 0 aromatic carbocycles. The molecule has 0 fully saturated rings. The molecule has 10 heteroatoms. The number of hydrogen-bond acceptors (Lipinski definition) is 8. The van der Waals surface area contributed by atoms with E-state index in [1.807, 2.05) is 21.1 Å². The average Bonchev–Trinajstić information content (AvgIpc) is 3.09. The van der Waals surface area contributed by atoms with Crippen LogP contribution in [0, 0.1) is 0 Å². The molecular formula is C42H82NO8P. The highest BCUT2D eigenvalue weighted by molar-refractivity contribution is 7.45. The molecule has 0 heterocycles. The maximum atomic E-state index is 12.6. The van der Waals surface area contributed by atoms with E-state index in [0.29, 0.717) is 17.4 Å². The Morgan fingerprint density at radius 2 is 1.00 bits per heavy atom. The first-order valence-corrected chi connectivity index (χ1v) is 22.9. The van der Waals surface area contributed by atoms with Gasteiger partial charge >= 0.3 is 11.9 Å². The Morgan fingerprint density at radius 3 is 1.48 bits per heavy atom. The number of ether oxygens (including phenoxy) is 2. The Labute approximate surface area is 320 Å². The van der Waals surface area contributed by atoms with E-state index in [1.54, 1.807) is 0 Å². The molecule has 0 saturated heterocycles. The Balaban J connectivity index is 4.30. The van der Waals surface area contributed by atoms with Gasteiger partial charge in [-0.25, -0.2) is 0 Å². The molecule has 0 N–H and O–H groups in total. The Kier molecular flexibility index (Phi) is 34.6. The fourth-order valence-electron chi connectivity index (χ4n) is 5.87. The minimum Gasteiger partial charge on any atom is -0.756 e. The van der Waals surface area contributed by atoms with E-state index in [4.69, 9.17) is 18.5 Å². The molecule has 52 heavy (non-hydrogen) atoms. The minimum atomic E-state index is -4.62. The predicted octanol–water partition coefficient (Wildman–Crippen LogP) is 11.2. The molecule has 0 amide bonds. The molecular weight excluding hydrogens is 677 g/mol. The first-order valence-electron chi connectivity index (χ1n) is 21.4. The normalized spacial score (nSPS) is 13.7. The summed E-state index contributed by atoms with van der Waals surface area (Å²) in [4.78, 5) is 37.4. The molecule has 0 aliphatic carbocycles. The van der Waals surface area contributed by atoms with E-state index in [2.05, 4.69) is 26.0 Å². The largest absolute Gasteiger partial charge is 0.756 e. The van der Waals surface area contributed by atoms with Crippen LogP contribution < -0.4 is 4.89 Å². The van der Waals surface area contributed by atoms with Crippen LogP contribution in [0.1, 0.15) is 194 Å². The molecule has 2 atom stereocenters. The van der Waals surface area contributed by atoms with Gasteiger partial charge in [0.2, 0.25) is 0 Å². The van der Waals surface area contributed by atoms with Crippen molar-refractivity contribution in [3.05, 3.63) is 12.2 Å². The number of quaternary nitrogens is 1. The molecule has 308 valence electrons. The van der Waals surface area contributed by atoms with Crippen LogP contribution in [-0.2, 0) is 32.7 Å². The number of esters is 2. The third-order valence-electron chi connectivity index (χ3n) is 9.29. The van der Waals surface area contributed by atoms with Crippen molar-refractivity contribution in [3.63, 3.8) is 0 Å². The summed E-state index contributed by atoms with van der Waals surface area (Å²) in [6, 6.07) is 0. The Bertz CT molecular complexity index is 907. The van der Waals surface area contributed by atoms with Gasteiger partial charge in [0.1, 0.15) is 19.8 Å². The lowest BCUT2D eigenvalue weighted by Crippen LogP contribution is -2.37. The third kappa shape index (κ3) is 38.5. The van der Waals surface area contributed by atoms with Crippen LogP contribution in [0.15, 0.2) is 12.2 Å². The molecule has 0 saturated carbocycles. The van der Waals surface area contributed by atoms with Crippen LogP contribution in [-0.4, -0.2) is 70.0 Å². The van der Waals surface area contributed by atoms with Gasteiger partial charge in [0, 0.05) is 12.8 Å². The van der Waals surface area contributed by atoms with E-state index < -0.39 is 26.5 Å². The van der Waals surface area contributed by atoms with Gasteiger partial charge in [-0.1, -0.05) is 161 Å². The van der Waals surface area contributed by atoms with Crippen LogP contribution >= 0.6 is 7.82 Å². The van der Waals surface area contributed by atoms with E-state index in [-0.39, 0.29) is 32.0 Å². The van der Waals surface area contributed by atoms with Crippen LogP contribution in [0.2, 0.25) is 0 Å². The molecule has 1 unspecified atom stereocenters. The number of phosphoric ester groups is 1. The van der Waals surface area contributed by atoms with Crippen LogP contribution in [0.4, 0.5) is 0 Å². The maximum absolute atomic E-state index is 12.6. The zero-order valence-electron chi connectivity index (χ0n) is 34.5. The summed E-state index contributed by atoms with van der Waals surface area (Å²) in [7, 11) is 1.17. The quantitative estimate of drug-likeness (QED) is 0.0200. The molecule has 0 radical (unpaired) electrons. The third-order valence-corrected chi connectivity index (χ3v) is 10.2. The van der Waals surface area contributed by atoms with Gasteiger partial charge < -0.3 is 27.9 Å². The highest BCUT2D eigenvalue weighted by Gasteiger charge is 2.21. The zero-order chi connectivity index (χ0) is 38.6. The van der Waals surface area contributed by atoms with Gasteiger partial charge in [0.25, 0.3) is 7.82 Å². The molecule has 0 rings (SSSR count). The maximum Gasteiger partial charge on any atom is 0.306 e. The van der Waals surface area contributed by atoms with Crippen molar-refractivity contribution in [2.75, 3.05) is 47.5 Å². The monoisotopic (exact) mass is 760 g/mol. The van der Waals surface area contributed by atoms with Gasteiger partial charge in [-0.2, -0.15) is 0 Å². The summed E-state index contributed by atoms with van der Waals surface area (Å²) >= 11 is 0. The fraction of sp³-hybridized carbons (Fsp3) is 0.905. The van der Waals surface area contributed by atoms with E-state index in [0.717, 1.165) is 57.8 Å². The fourth-order valence-corrected chi connectivity index (χ4v) is 6.60. The lowest BCUT2D eigenvalue weighted by atomic mass is 10.0. The number of nitrogens with zero attached hydrogens (tertiary/aromatic N) is 1. The summed E-state index contributed by atoms with van der Waals surface area (Å²) < 4.78 is 33.8. The lowest BCUT2D eigenvalue weighted by Gasteiger charge is -2.28.